The van der Waals surface area contributed by atoms with E-state index < -0.39 is 0 Å². The minimum atomic E-state index is -0.301. The second kappa shape index (κ2) is 9.25. The third-order valence-corrected chi connectivity index (χ3v) is 4.52. The molecule has 0 radical (unpaired) electrons. The molecule has 29 heavy (non-hydrogen) atoms. The molecule has 1 saturated heterocycles. The van der Waals surface area contributed by atoms with Gasteiger partial charge >= 0.3 is 0 Å². The van der Waals surface area contributed by atoms with Crippen LogP contribution < -0.4 is 14.8 Å². The number of hydrogen-bond acceptors (Lipinski definition) is 6. The molecule has 1 amide bonds. The monoisotopic (exact) mass is 394 g/mol. The van der Waals surface area contributed by atoms with Crippen molar-refractivity contribution in [3.63, 3.8) is 0 Å². The van der Waals surface area contributed by atoms with E-state index in [1.165, 1.54) is 6.26 Å². The molecular weight excluding hydrogens is 372 g/mol. The Labute approximate surface area is 168 Å². The van der Waals surface area contributed by atoms with Gasteiger partial charge in [-0.2, -0.15) is 0 Å². The number of rotatable bonds is 8. The third kappa shape index (κ3) is 5.14. The van der Waals surface area contributed by atoms with Gasteiger partial charge in [0.2, 0.25) is 5.88 Å². The second-order valence-corrected chi connectivity index (χ2v) is 6.67. The van der Waals surface area contributed by atoms with Gasteiger partial charge in [0.05, 0.1) is 19.5 Å². The summed E-state index contributed by atoms with van der Waals surface area (Å²) in [5.41, 5.74) is 1.57. The molecular formula is C22H22N2O5. The first kappa shape index (κ1) is 19.0. The van der Waals surface area contributed by atoms with Crippen molar-refractivity contribution < 1.29 is 23.4 Å². The summed E-state index contributed by atoms with van der Waals surface area (Å²) in [4.78, 5) is 16.8. The van der Waals surface area contributed by atoms with Gasteiger partial charge in [0, 0.05) is 30.8 Å². The highest BCUT2D eigenvalue weighted by Crippen LogP contribution is 2.17. The van der Waals surface area contributed by atoms with Crippen molar-refractivity contribution in [3.05, 3.63) is 77.9 Å². The van der Waals surface area contributed by atoms with Crippen molar-refractivity contribution in [1.29, 1.82) is 0 Å². The second-order valence-electron chi connectivity index (χ2n) is 6.67. The summed E-state index contributed by atoms with van der Waals surface area (Å²) in [6.45, 7) is 1.87. The molecule has 1 aliphatic rings. The van der Waals surface area contributed by atoms with E-state index in [0.717, 1.165) is 17.7 Å². The Morgan fingerprint density at radius 1 is 1.21 bits per heavy atom. The van der Waals surface area contributed by atoms with Gasteiger partial charge in [-0.25, -0.2) is 4.98 Å². The molecule has 0 saturated carbocycles. The van der Waals surface area contributed by atoms with Crippen LogP contribution in [0.1, 0.15) is 28.1 Å². The molecule has 1 unspecified atom stereocenters. The summed E-state index contributed by atoms with van der Waals surface area (Å²) < 4.78 is 22.2. The molecule has 3 aromatic rings. The van der Waals surface area contributed by atoms with Crippen LogP contribution in [0.4, 0.5) is 0 Å². The van der Waals surface area contributed by atoms with E-state index in [0.29, 0.717) is 31.2 Å². The highest BCUT2D eigenvalue weighted by atomic mass is 16.5. The fourth-order valence-corrected chi connectivity index (χ4v) is 2.99. The smallest absolute Gasteiger partial charge is 0.287 e. The Balaban J connectivity index is 1.32. The van der Waals surface area contributed by atoms with Gasteiger partial charge in [-0.1, -0.05) is 18.2 Å². The van der Waals surface area contributed by atoms with Gasteiger partial charge in [0.15, 0.2) is 5.76 Å². The SMILES string of the molecule is O=C(NCc1ccnc(OC2CCOC2)c1)c1occc1COc1ccccc1. The van der Waals surface area contributed by atoms with E-state index in [1.807, 2.05) is 42.5 Å². The molecule has 0 spiro atoms. The molecule has 2 aromatic heterocycles. The Morgan fingerprint density at radius 2 is 2.10 bits per heavy atom. The highest BCUT2D eigenvalue weighted by molar-refractivity contribution is 5.92. The van der Waals surface area contributed by atoms with Crippen molar-refractivity contribution in [1.82, 2.24) is 10.3 Å². The number of nitrogens with one attached hydrogen (secondary N) is 1. The van der Waals surface area contributed by atoms with Crippen LogP contribution in [-0.4, -0.2) is 30.2 Å². The molecule has 3 heterocycles. The molecule has 4 rings (SSSR count). The predicted octanol–water partition coefficient (Wildman–Crippen LogP) is 3.35. The number of amides is 1. The quantitative estimate of drug-likeness (QED) is 0.631. The van der Waals surface area contributed by atoms with Crippen molar-refractivity contribution in [3.8, 4) is 11.6 Å². The first-order valence-corrected chi connectivity index (χ1v) is 9.49. The first-order valence-electron chi connectivity index (χ1n) is 9.49. The van der Waals surface area contributed by atoms with Crippen LogP contribution in [0.5, 0.6) is 11.6 Å². The number of furan rings is 1. The zero-order chi connectivity index (χ0) is 19.9. The van der Waals surface area contributed by atoms with Crippen molar-refractivity contribution in [2.75, 3.05) is 13.2 Å². The molecule has 1 atom stereocenters. The highest BCUT2D eigenvalue weighted by Gasteiger charge is 2.18. The lowest BCUT2D eigenvalue weighted by Gasteiger charge is -2.12. The van der Waals surface area contributed by atoms with Gasteiger partial charge in [-0.15, -0.1) is 0 Å². The van der Waals surface area contributed by atoms with Gasteiger partial charge in [0.25, 0.3) is 5.91 Å². The van der Waals surface area contributed by atoms with Crippen LogP contribution in [-0.2, 0) is 17.9 Å². The summed E-state index contributed by atoms with van der Waals surface area (Å²) in [7, 11) is 0. The number of benzene rings is 1. The van der Waals surface area contributed by atoms with Gasteiger partial charge < -0.3 is 23.9 Å². The average Bonchev–Trinajstić information content (AvgIpc) is 3.43. The summed E-state index contributed by atoms with van der Waals surface area (Å²) in [6.07, 6.45) is 4.04. The number of hydrogen-bond donors (Lipinski definition) is 1. The minimum Gasteiger partial charge on any atom is -0.489 e. The van der Waals surface area contributed by atoms with Gasteiger partial charge in [-0.3, -0.25) is 4.79 Å². The normalized spacial score (nSPS) is 15.8. The maximum absolute atomic E-state index is 12.6. The molecule has 0 bridgehead atoms. The van der Waals surface area contributed by atoms with Crippen molar-refractivity contribution in [2.45, 2.75) is 25.7 Å². The zero-order valence-electron chi connectivity index (χ0n) is 15.9. The fourth-order valence-electron chi connectivity index (χ4n) is 2.99. The van der Waals surface area contributed by atoms with E-state index in [4.69, 9.17) is 18.6 Å². The zero-order valence-corrected chi connectivity index (χ0v) is 15.9. The molecule has 1 aromatic carbocycles. The minimum absolute atomic E-state index is 0.0302. The lowest BCUT2D eigenvalue weighted by molar-refractivity contribution is 0.0919. The summed E-state index contributed by atoms with van der Waals surface area (Å²) >= 11 is 0. The van der Waals surface area contributed by atoms with Crippen LogP contribution in [0.15, 0.2) is 65.4 Å². The Morgan fingerprint density at radius 3 is 2.93 bits per heavy atom. The van der Waals surface area contributed by atoms with E-state index >= 15 is 0 Å². The van der Waals surface area contributed by atoms with Crippen LogP contribution >= 0.6 is 0 Å². The topological polar surface area (TPSA) is 82.8 Å². The summed E-state index contributed by atoms with van der Waals surface area (Å²) in [5.74, 6) is 1.21. The number of para-hydroxylation sites is 1. The molecule has 1 N–H and O–H groups in total. The lowest BCUT2D eigenvalue weighted by Crippen LogP contribution is -2.23. The maximum atomic E-state index is 12.6. The van der Waals surface area contributed by atoms with Crippen LogP contribution in [0, 0.1) is 0 Å². The number of ether oxygens (including phenoxy) is 3. The molecule has 1 fully saturated rings. The van der Waals surface area contributed by atoms with Crippen LogP contribution in [0.2, 0.25) is 0 Å². The molecule has 150 valence electrons. The third-order valence-electron chi connectivity index (χ3n) is 4.52. The van der Waals surface area contributed by atoms with E-state index in [2.05, 4.69) is 10.3 Å². The largest absolute Gasteiger partial charge is 0.489 e. The molecule has 7 nitrogen and oxygen atoms in total. The number of pyridine rings is 1. The van der Waals surface area contributed by atoms with E-state index in [1.54, 1.807) is 12.3 Å². The van der Waals surface area contributed by atoms with Crippen molar-refractivity contribution >= 4 is 5.91 Å². The van der Waals surface area contributed by atoms with Crippen LogP contribution in [0.25, 0.3) is 0 Å². The Bertz CT molecular complexity index is 935. The van der Waals surface area contributed by atoms with Crippen molar-refractivity contribution in [2.24, 2.45) is 0 Å². The standard InChI is InChI=1S/C22H22N2O5/c25-22(21-17(7-11-27-21)14-28-18-4-2-1-3-5-18)24-13-16-6-9-23-20(12-16)29-19-8-10-26-15-19/h1-7,9,11-12,19H,8,10,13-15H2,(H,24,25). The first-order chi connectivity index (χ1) is 14.3. The predicted molar refractivity (Wildman–Crippen MR) is 105 cm³/mol. The fraction of sp³-hybridized carbons (Fsp3) is 0.273. The average molecular weight is 394 g/mol. The summed E-state index contributed by atoms with van der Waals surface area (Å²) in [5, 5.41) is 2.86. The molecule has 7 heteroatoms. The lowest BCUT2D eigenvalue weighted by atomic mass is 10.2. The van der Waals surface area contributed by atoms with E-state index in [-0.39, 0.29) is 24.4 Å². The molecule has 1 aliphatic heterocycles. The number of aromatic nitrogens is 1. The molecule has 0 aliphatic carbocycles. The number of nitrogens with zero attached hydrogens (tertiary/aromatic N) is 1. The Kier molecular flexibility index (Phi) is 6.07. The number of carbonyl (C=O) groups excluding carboxylic acids is 1. The Hall–Kier alpha value is -3.32. The maximum Gasteiger partial charge on any atom is 0.287 e. The van der Waals surface area contributed by atoms with Crippen LogP contribution in [0.3, 0.4) is 0 Å². The number of carbonyl (C=O) groups is 1. The van der Waals surface area contributed by atoms with E-state index in [9.17, 15) is 4.79 Å². The summed E-state index contributed by atoms with van der Waals surface area (Å²) in [6, 6.07) is 14.8. The van der Waals surface area contributed by atoms with Gasteiger partial charge in [-0.05, 0) is 29.8 Å². The van der Waals surface area contributed by atoms with Gasteiger partial charge in [0.1, 0.15) is 18.5 Å².